The molecule has 0 bridgehead atoms. The molecule has 0 aliphatic rings. The van der Waals surface area contributed by atoms with Gasteiger partial charge in [-0.3, -0.25) is 5.41 Å². The van der Waals surface area contributed by atoms with Crippen LogP contribution in [0.2, 0.25) is 5.02 Å². The van der Waals surface area contributed by atoms with E-state index in [0.29, 0.717) is 11.3 Å². The maximum atomic E-state index is 7.44. The number of para-hydroxylation sites is 1. The highest BCUT2D eigenvalue weighted by Gasteiger charge is 2.12. The van der Waals surface area contributed by atoms with Crippen molar-refractivity contribution in [3.05, 3.63) is 52.7 Å². The van der Waals surface area contributed by atoms with Crippen molar-refractivity contribution >= 4 is 17.4 Å². The predicted molar refractivity (Wildman–Crippen MR) is 76.2 cm³/mol. The molecule has 0 spiro atoms. The third-order valence-electron chi connectivity index (χ3n) is 2.71. The van der Waals surface area contributed by atoms with Gasteiger partial charge in [0.05, 0.1) is 0 Å². The van der Waals surface area contributed by atoms with E-state index in [4.69, 9.17) is 27.5 Å². The van der Waals surface area contributed by atoms with E-state index in [1.165, 1.54) is 6.20 Å². The molecule has 19 heavy (non-hydrogen) atoms. The first kappa shape index (κ1) is 13.4. The molecule has 0 fully saturated rings. The van der Waals surface area contributed by atoms with Crippen molar-refractivity contribution in [1.29, 1.82) is 5.41 Å². The van der Waals surface area contributed by atoms with Crippen LogP contribution in [0.25, 0.3) is 0 Å². The molecule has 0 saturated heterocycles. The van der Waals surface area contributed by atoms with Gasteiger partial charge in [-0.1, -0.05) is 36.7 Å². The van der Waals surface area contributed by atoms with E-state index in [1.54, 1.807) is 6.07 Å². The monoisotopic (exact) mass is 275 g/mol. The number of nitrogen functional groups attached to an aromatic ring is 1. The molecule has 0 unspecified atom stereocenters. The summed E-state index contributed by atoms with van der Waals surface area (Å²) in [6.07, 6.45) is 2.37. The minimum absolute atomic E-state index is 0.110. The summed E-state index contributed by atoms with van der Waals surface area (Å²) in [6, 6.07) is 9.27. The maximum absolute atomic E-state index is 7.44. The van der Waals surface area contributed by atoms with E-state index in [9.17, 15) is 0 Å². The predicted octanol–water partition coefficient (Wildman–Crippen LogP) is 3.37. The Hall–Kier alpha value is -2.07. The molecule has 1 aromatic heterocycles. The van der Waals surface area contributed by atoms with Crippen molar-refractivity contribution in [2.75, 3.05) is 0 Å². The molecule has 0 aliphatic carbocycles. The first-order chi connectivity index (χ1) is 9.13. The van der Waals surface area contributed by atoms with Gasteiger partial charge in [-0.2, -0.15) is 0 Å². The number of amidine groups is 1. The van der Waals surface area contributed by atoms with Crippen molar-refractivity contribution in [3.8, 4) is 11.6 Å². The topological polar surface area (TPSA) is 72.0 Å². The highest BCUT2D eigenvalue weighted by Crippen LogP contribution is 2.31. The number of pyridine rings is 1. The molecule has 0 radical (unpaired) electrons. The Bertz CT molecular complexity index is 613. The molecule has 0 amide bonds. The minimum atomic E-state index is -0.110. The lowest BCUT2D eigenvalue weighted by atomic mass is 10.1. The van der Waals surface area contributed by atoms with Crippen molar-refractivity contribution in [3.63, 3.8) is 0 Å². The van der Waals surface area contributed by atoms with E-state index in [0.717, 1.165) is 12.0 Å². The van der Waals surface area contributed by atoms with Crippen molar-refractivity contribution in [2.24, 2.45) is 5.73 Å². The van der Waals surface area contributed by atoms with Crippen LogP contribution in [0.4, 0.5) is 0 Å². The van der Waals surface area contributed by atoms with Gasteiger partial charge in [0, 0.05) is 11.8 Å². The average molecular weight is 276 g/mol. The Kier molecular flexibility index (Phi) is 4.02. The minimum Gasteiger partial charge on any atom is -0.437 e. The summed E-state index contributed by atoms with van der Waals surface area (Å²) in [5.41, 5.74) is 6.93. The lowest BCUT2D eigenvalue weighted by Crippen LogP contribution is -2.12. The second kappa shape index (κ2) is 5.71. The summed E-state index contributed by atoms with van der Waals surface area (Å²) in [6.45, 7) is 2.04. The SMILES string of the molecule is CCc1ccccc1Oc1nccc(C(=N)N)c1Cl. The van der Waals surface area contributed by atoms with Gasteiger partial charge in [-0.05, 0) is 24.1 Å². The summed E-state index contributed by atoms with van der Waals surface area (Å²) in [5.74, 6) is 0.858. The Morgan fingerprint density at radius 1 is 1.37 bits per heavy atom. The standard InChI is InChI=1S/C14H14ClN3O/c1-2-9-5-3-4-6-11(9)19-14-12(15)10(13(16)17)7-8-18-14/h3-8H,2H2,1H3,(H3,16,17). The molecule has 1 heterocycles. The summed E-state index contributed by atoms with van der Waals surface area (Å²) in [4.78, 5) is 4.09. The van der Waals surface area contributed by atoms with E-state index in [-0.39, 0.29) is 16.7 Å². The van der Waals surface area contributed by atoms with Gasteiger partial charge in [0.1, 0.15) is 16.6 Å². The van der Waals surface area contributed by atoms with Gasteiger partial charge >= 0.3 is 0 Å². The average Bonchev–Trinajstić information content (AvgIpc) is 2.41. The molecule has 0 atom stereocenters. The van der Waals surface area contributed by atoms with Gasteiger partial charge in [-0.25, -0.2) is 4.98 Å². The first-order valence-corrected chi connectivity index (χ1v) is 6.26. The van der Waals surface area contributed by atoms with E-state index < -0.39 is 0 Å². The second-order valence-corrected chi connectivity index (χ2v) is 4.33. The number of nitrogens with two attached hydrogens (primary N) is 1. The lowest BCUT2D eigenvalue weighted by molar-refractivity contribution is 0.458. The summed E-state index contributed by atoms with van der Waals surface area (Å²) >= 11 is 6.14. The molecular formula is C14H14ClN3O. The number of nitrogens with zero attached hydrogens (tertiary/aromatic N) is 1. The Morgan fingerprint density at radius 2 is 2.11 bits per heavy atom. The zero-order valence-electron chi connectivity index (χ0n) is 10.5. The van der Waals surface area contributed by atoms with Crippen LogP contribution in [0.5, 0.6) is 11.6 Å². The molecule has 2 rings (SSSR count). The fourth-order valence-corrected chi connectivity index (χ4v) is 1.96. The molecule has 0 aliphatic heterocycles. The van der Waals surface area contributed by atoms with Crippen LogP contribution >= 0.6 is 11.6 Å². The van der Waals surface area contributed by atoms with Crippen LogP contribution in [-0.2, 0) is 6.42 Å². The Balaban J connectivity index is 2.39. The number of aryl methyl sites for hydroxylation is 1. The van der Waals surface area contributed by atoms with Gasteiger partial charge in [-0.15, -0.1) is 0 Å². The van der Waals surface area contributed by atoms with Crippen molar-refractivity contribution in [2.45, 2.75) is 13.3 Å². The second-order valence-electron chi connectivity index (χ2n) is 3.95. The Morgan fingerprint density at radius 3 is 2.79 bits per heavy atom. The van der Waals surface area contributed by atoms with Gasteiger partial charge in [0.15, 0.2) is 0 Å². The third kappa shape index (κ3) is 2.85. The quantitative estimate of drug-likeness (QED) is 0.664. The summed E-state index contributed by atoms with van der Waals surface area (Å²) in [7, 11) is 0. The fraction of sp³-hybridized carbons (Fsp3) is 0.143. The third-order valence-corrected chi connectivity index (χ3v) is 3.07. The van der Waals surface area contributed by atoms with Crippen LogP contribution in [0.1, 0.15) is 18.1 Å². The molecule has 3 N–H and O–H groups in total. The highest BCUT2D eigenvalue weighted by atomic mass is 35.5. The molecule has 1 aromatic carbocycles. The summed E-state index contributed by atoms with van der Waals surface area (Å²) < 4.78 is 5.73. The number of rotatable bonds is 4. The number of hydrogen-bond donors (Lipinski definition) is 2. The van der Waals surface area contributed by atoms with Gasteiger partial charge in [0.2, 0.25) is 5.88 Å². The lowest BCUT2D eigenvalue weighted by Gasteiger charge is -2.11. The van der Waals surface area contributed by atoms with Crippen molar-refractivity contribution < 1.29 is 4.74 Å². The molecular weight excluding hydrogens is 262 g/mol. The molecule has 98 valence electrons. The number of hydrogen-bond acceptors (Lipinski definition) is 3. The molecule has 0 saturated carbocycles. The normalized spacial score (nSPS) is 10.2. The smallest absolute Gasteiger partial charge is 0.238 e. The van der Waals surface area contributed by atoms with E-state index in [1.807, 2.05) is 31.2 Å². The zero-order valence-corrected chi connectivity index (χ0v) is 11.2. The summed E-state index contributed by atoms with van der Waals surface area (Å²) in [5, 5.41) is 7.69. The molecule has 2 aromatic rings. The van der Waals surface area contributed by atoms with Gasteiger partial charge in [0.25, 0.3) is 0 Å². The van der Waals surface area contributed by atoms with Crippen molar-refractivity contribution in [1.82, 2.24) is 4.98 Å². The van der Waals surface area contributed by atoms with E-state index in [2.05, 4.69) is 4.98 Å². The fourth-order valence-electron chi connectivity index (χ4n) is 1.70. The van der Waals surface area contributed by atoms with E-state index >= 15 is 0 Å². The number of aromatic nitrogens is 1. The van der Waals surface area contributed by atoms with Crippen LogP contribution in [0, 0.1) is 5.41 Å². The number of benzene rings is 1. The van der Waals surface area contributed by atoms with Crippen LogP contribution in [-0.4, -0.2) is 10.8 Å². The number of ether oxygens (including phenoxy) is 1. The highest BCUT2D eigenvalue weighted by molar-refractivity contribution is 6.35. The Labute approximate surface area is 116 Å². The number of nitrogens with one attached hydrogen (secondary N) is 1. The first-order valence-electron chi connectivity index (χ1n) is 5.88. The van der Waals surface area contributed by atoms with Crippen LogP contribution in [0.3, 0.4) is 0 Å². The van der Waals surface area contributed by atoms with Crippen LogP contribution < -0.4 is 10.5 Å². The molecule has 4 nitrogen and oxygen atoms in total. The van der Waals surface area contributed by atoms with Crippen LogP contribution in [0.15, 0.2) is 36.5 Å². The van der Waals surface area contributed by atoms with Gasteiger partial charge < -0.3 is 10.5 Å². The largest absolute Gasteiger partial charge is 0.437 e. The zero-order chi connectivity index (χ0) is 13.8. The molecule has 5 heteroatoms. The number of halogens is 1. The maximum Gasteiger partial charge on any atom is 0.238 e.